The van der Waals surface area contributed by atoms with Crippen LogP contribution in [0.1, 0.15) is 44.9 Å². The van der Waals surface area contributed by atoms with Crippen molar-refractivity contribution in [2.24, 2.45) is 0 Å². The van der Waals surface area contributed by atoms with E-state index in [2.05, 4.69) is 10.6 Å². The molecule has 0 aliphatic carbocycles. The highest BCUT2D eigenvalue weighted by Gasteiger charge is 2.21. The van der Waals surface area contributed by atoms with Crippen molar-refractivity contribution in [3.63, 3.8) is 0 Å². The molecule has 1 amide bonds. The molecule has 0 aromatic rings. The summed E-state index contributed by atoms with van der Waals surface area (Å²) in [5.74, 6) is 0.0825. The number of ether oxygens (including phenoxy) is 1. The highest BCUT2D eigenvalue weighted by molar-refractivity contribution is 5.80. The van der Waals surface area contributed by atoms with Crippen molar-refractivity contribution in [1.82, 2.24) is 10.6 Å². The maximum absolute atomic E-state index is 11.6. The number of carbonyl (C=O) groups is 1. The van der Waals surface area contributed by atoms with Crippen LogP contribution in [0, 0.1) is 0 Å². The molecule has 2 N–H and O–H groups in total. The zero-order chi connectivity index (χ0) is 11.9. The quantitative estimate of drug-likeness (QED) is 0.776. The monoisotopic (exact) mass is 240 g/mol. The molecule has 0 radical (unpaired) electrons. The van der Waals surface area contributed by atoms with Gasteiger partial charge >= 0.3 is 0 Å². The first-order valence-electron chi connectivity index (χ1n) is 6.99. The lowest BCUT2D eigenvalue weighted by Crippen LogP contribution is -2.37. The van der Waals surface area contributed by atoms with Gasteiger partial charge in [-0.25, -0.2) is 0 Å². The summed E-state index contributed by atoms with van der Waals surface area (Å²) < 4.78 is 5.73. The van der Waals surface area contributed by atoms with E-state index in [0.29, 0.717) is 12.6 Å². The Balaban J connectivity index is 1.64. The van der Waals surface area contributed by atoms with Crippen LogP contribution in [0.2, 0.25) is 0 Å². The minimum atomic E-state index is -0.207. The molecule has 2 heterocycles. The molecule has 0 aromatic heterocycles. The fourth-order valence-corrected chi connectivity index (χ4v) is 2.59. The molecule has 0 saturated carbocycles. The predicted octanol–water partition coefficient (Wildman–Crippen LogP) is 1.20. The molecule has 2 saturated heterocycles. The van der Waals surface area contributed by atoms with Crippen LogP contribution in [0.4, 0.5) is 0 Å². The van der Waals surface area contributed by atoms with Crippen molar-refractivity contribution >= 4 is 5.91 Å². The molecule has 0 bridgehead atoms. The van der Waals surface area contributed by atoms with E-state index in [1.807, 2.05) is 0 Å². The third-order valence-electron chi connectivity index (χ3n) is 3.68. The van der Waals surface area contributed by atoms with E-state index in [0.717, 1.165) is 38.8 Å². The minimum Gasteiger partial charge on any atom is -0.368 e. The van der Waals surface area contributed by atoms with Gasteiger partial charge in [-0.1, -0.05) is 6.42 Å². The number of nitrogens with one attached hydrogen (secondary N) is 2. The molecule has 2 fully saturated rings. The van der Waals surface area contributed by atoms with Gasteiger partial charge in [0.15, 0.2) is 0 Å². The molecule has 0 spiro atoms. The number of hydrogen-bond donors (Lipinski definition) is 2. The summed E-state index contributed by atoms with van der Waals surface area (Å²) in [6.45, 7) is 2.65. The fourth-order valence-electron chi connectivity index (χ4n) is 2.59. The molecular formula is C13H24N2O2. The van der Waals surface area contributed by atoms with Crippen molar-refractivity contribution in [3.05, 3.63) is 0 Å². The number of carbonyl (C=O) groups excluding carboxylic acids is 1. The third-order valence-corrected chi connectivity index (χ3v) is 3.68. The van der Waals surface area contributed by atoms with Crippen molar-refractivity contribution in [2.75, 3.05) is 19.7 Å². The molecular weight excluding hydrogens is 216 g/mol. The molecule has 17 heavy (non-hydrogen) atoms. The number of hydrogen-bond acceptors (Lipinski definition) is 3. The first kappa shape index (κ1) is 12.8. The summed E-state index contributed by atoms with van der Waals surface area (Å²) in [6.07, 6.45) is 7.74. The molecule has 2 unspecified atom stereocenters. The first-order chi connectivity index (χ1) is 8.36. The smallest absolute Gasteiger partial charge is 0.249 e. The second-order valence-electron chi connectivity index (χ2n) is 5.08. The van der Waals surface area contributed by atoms with Gasteiger partial charge in [0.25, 0.3) is 0 Å². The van der Waals surface area contributed by atoms with E-state index < -0.39 is 0 Å². The van der Waals surface area contributed by atoms with E-state index in [-0.39, 0.29) is 12.0 Å². The van der Waals surface area contributed by atoms with Gasteiger partial charge in [-0.3, -0.25) is 4.79 Å². The Labute approximate surface area is 103 Å². The van der Waals surface area contributed by atoms with Crippen LogP contribution in [0.25, 0.3) is 0 Å². The van der Waals surface area contributed by atoms with E-state index in [4.69, 9.17) is 4.74 Å². The Hall–Kier alpha value is -0.610. The molecule has 4 heteroatoms. The fraction of sp³-hybridized carbons (Fsp3) is 0.923. The molecule has 2 aliphatic rings. The van der Waals surface area contributed by atoms with Crippen LogP contribution in [0.5, 0.6) is 0 Å². The van der Waals surface area contributed by atoms with Crippen LogP contribution < -0.4 is 10.6 Å². The highest BCUT2D eigenvalue weighted by atomic mass is 16.5. The van der Waals surface area contributed by atoms with E-state index in [1.54, 1.807) is 0 Å². The van der Waals surface area contributed by atoms with Gasteiger partial charge < -0.3 is 15.4 Å². The lowest BCUT2D eigenvalue weighted by atomic mass is 10.0. The lowest BCUT2D eigenvalue weighted by molar-refractivity contribution is -0.132. The van der Waals surface area contributed by atoms with Crippen molar-refractivity contribution in [1.29, 1.82) is 0 Å². The summed E-state index contributed by atoms with van der Waals surface area (Å²) in [5, 5.41) is 6.40. The average Bonchev–Trinajstić information content (AvgIpc) is 2.56. The van der Waals surface area contributed by atoms with E-state index in [1.165, 1.54) is 19.3 Å². The Morgan fingerprint density at radius 1 is 1.12 bits per heavy atom. The first-order valence-corrected chi connectivity index (χ1v) is 6.99. The van der Waals surface area contributed by atoms with Crippen molar-refractivity contribution in [3.8, 4) is 0 Å². The minimum absolute atomic E-state index is 0.0825. The molecule has 2 aliphatic heterocycles. The largest absolute Gasteiger partial charge is 0.368 e. The van der Waals surface area contributed by atoms with Crippen molar-refractivity contribution < 1.29 is 9.53 Å². The maximum Gasteiger partial charge on any atom is 0.249 e. The third kappa shape index (κ3) is 4.28. The van der Waals surface area contributed by atoms with Gasteiger partial charge in [-0.15, -0.1) is 0 Å². The van der Waals surface area contributed by atoms with Crippen molar-refractivity contribution in [2.45, 2.75) is 57.1 Å². The topological polar surface area (TPSA) is 50.4 Å². The Morgan fingerprint density at radius 3 is 2.76 bits per heavy atom. The summed E-state index contributed by atoms with van der Waals surface area (Å²) in [4.78, 5) is 11.6. The van der Waals surface area contributed by atoms with Crippen LogP contribution in [-0.2, 0) is 9.53 Å². The van der Waals surface area contributed by atoms with Crippen LogP contribution in [-0.4, -0.2) is 37.7 Å². The lowest BCUT2D eigenvalue weighted by Gasteiger charge is -2.24. The van der Waals surface area contributed by atoms with Crippen LogP contribution >= 0.6 is 0 Å². The zero-order valence-electron chi connectivity index (χ0n) is 10.5. The Bertz CT molecular complexity index is 240. The second-order valence-corrected chi connectivity index (χ2v) is 5.08. The molecule has 4 nitrogen and oxygen atoms in total. The maximum atomic E-state index is 11.6. The molecule has 2 atom stereocenters. The van der Waals surface area contributed by atoms with Gasteiger partial charge in [-0.05, 0) is 45.1 Å². The molecule has 0 aromatic carbocycles. The van der Waals surface area contributed by atoms with Gasteiger partial charge in [0.2, 0.25) is 5.91 Å². The average molecular weight is 240 g/mol. The molecule has 98 valence electrons. The number of rotatable bonds is 4. The van der Waals surface area contributed by atoms with Crippen LogP contribution in [0.15, 0.2) is 0 Å². The zero-order valence-corrected chi connectivity index (χ0v) is 10.5. The van der Waals surface area contributed by atoms with Crippen LogP contribution in [0.3, 0.4) is 0 Å². The Morgan fingerprint density at radius 2 is 1.94 bits per heavy atom. The summed E-state index contributed by atoms with van der Waals surface area (Å²) in [7, 11) is 0. The van der Waals surface area contributed by atoms with Gasteiger partial charge in [0.1, 0.15) is 6.10 Å². The highest BCUT2D eigenvalue weighted by Crippen LogP contribution is 2.13. The standard InChI is InChI=1S/C13H24N2O2/c16-13-12(6-2-4-9-15-13)17-10-7-11-5-1-3-8-14-11/h11-12,14H,1-10H2,(H,15,16). The van der Waals surface area contributed by atoms with Gasteiger partial charge in [0, 0.05) is 19.2 Å². The number of amides is 1. The van der Waals surface area contributed by atoms with Gasteiger partial charge in [0.05, 0.1) is 0 Å². The van der Waals surface area contributed by atoms with E-state index in [9.17, 15) is 4.79 Å². The number of piperidine rings is 1. The SMILES string of the molecule is O=C1NCCCCC1OCCC1CCCCN1. The van der Waals surface area contributed by atoms with Gasteiger partial charge in [-0.2, -0.15) is 0 Å². The predicted molar refractivity (Wildman–Crippen MR) is 66.9 cm³/mol. The second kappa shape index (κ2) is 6.97. The molecule has 2 rings (SSSR count). The summed E-state index contributed by atoms with van der Waals surface area (Å²) in [6, 6.07) is 0.595. The normalized spacial score (nSPS) is 30.7. The van der Waals surface area contributed by atoms with E-state index >= 15 is 0 Å². The Kier molecular flexibility index (Phi) is 5.26. The summed E-state index contributed by atoms with van der Waals surface area (Å²) in [5.41, 5.74) is 0. The summed E-state index contributed by atoms with van der Waals surface area (Å²) >= 11 is 0.